The molecule has 21 heavy (non-hydrogen) atoms. The molecule has 0 fully saturated rings. The first kappa shape index (κ1) is 17.3. The molecule has 0 atom stereocenters. The SMILES string of the molecule is CCCCCCCCNC(=O)CN1C=CCC(C(N)=O)=C1. The monoisotopic (exact) mass is 293 g/mol. The molecule has 0 aromatic carbocycles. The number of hydrogen-bond donors (Lipinski definition) is 2. The Morgan fingerprint density at radius 1 is 1.24 bits per heavy atom. The van der Waals surface area contributed by atoms with Gasteiger partial charge < -0.3 is 16.0 Å². The van der Waals surface area contributed by atoms with E-state index in [0.29, 0.717) is 12.0 Å². The normalized spacial score (nSPS) is 14.0. The Bertz CT molecular complexity index is 402. The van der Waals surface area contributed by atoms with E-state index >= 15 is 0 Å². The number of carbonyl (C=O) groups excluding carboxylic acids is 2. The van der Waals surface area contributed by atoms with E-state index in [4.69, 9.17) is 5.73 Å². The minimum atomic E-state index is -0.433. The molecule has 0 aromatic rings. The zero-order valence-electron chi connectivity index (χ0n) is 12.9. The number of nitrogens with zero attached hydrogens (tertiary/aromatic N) is 1. The smallest absolute Gasteiger partial charge is 0.246 e. The number of nitrogens with two attached hydrogens (primary N) is 1. The number of hydrogen-bond acceptors (Lipinski definition) is 3. The number of unbranched alkanes of at least 4 members (excludes halogenated alkanes) is 5. The molecule has 1 heterocycles. The largest absolute Gasteiger partial charge is 0.366 e. The van der Waals surface area contributed by atoms with Gasteiger partial charge >= 0.3 is 0 Å². The number of nitrogens with one attached hydrogen (secondary N) is 1. The number of primary amides is 1. The Hall–Kier alpha value is -1.78. The Labute approximate surface area is 127 Å². The molecule has 5 heteroatoms. The summed E-state index contributed by atoms with van der Waals surface area (Å²) in [6, 6.07) is 0. The minimum absolute atomic E-state index is 0.0322. The lowest BCUT2D eigenvalue weighted by Gasteiger charge is -2.19. The van der Waals surface area contributed by atoms with E-state index in [9.17, 15) is 9.59 Å². The predicted octanol–water partition coefficient (Wildman–Crippen LogP) is 2.05. The fraction of sp³-hybridized carbons (Fsp3) is 0.625. The molecule has 0 aliphatic carbocycles. The number of carbonyl (C=O) groups is 2. The highest BCUT2D eigenvalue weighted by Crippen LogP contribution is 2.11. The molecule has 3 N–H and O–H groups in total. The molecule has 2 amide bonds. The van der Waals surface area contributed by atoms with Crippen molar-refractivity contribution in [2.75, 3.05) is 13.1 Å². The van der Waals surface area contributed by atoms with E-state index in [1.165, 1.54) is 25.7 Å². The van der Waals surface area contributed by atoms with E-state index in [0.717, 1.165) is 19.4 Å². The van der Waals surface area contributed by atoms with Crippen LogP contribution in [0.3, 0.4) is 0 Å². The Morgan fingerprint density at radius 3 is 2.67 bits per heavy atom. The maximum Gasteiger partial charge on any atom is 0.246 e. The van der Waals surface area contributed by atoms with Gasteiger partial charge in [0.15, 0.2) is 0 Å². The zero-order valence-corrected chi connectivity index (χ0v) is 12.9. The molecule has 5 nitrogen and oxygen atoms in total. The Balaban J connectivity index is 2.15. The first-order valence-electron chi connectivity index (χ1n) is 7.83. The number of amides is 2. The van der Waals surface area contributed by atoms with Crippen LogP contribution >= 0.6 is 0 Å². The predicted molar refractivity (Wildman–Crippen MR) is 84.1 cm³/mol. The van der Waals surface area contributed by atoms with Crippen LogP contribution in [0.5, 0.6) is 0 Å². The van der Waals surface area contributed by atoms with Gasteiger partial charge in [-0.1, -0.05) is 45.1 Å². The van der Waals surface area contributed by atoms with Gasteiger partial charge in [-0.3, -0.25) is 9.59 Å². The van der Waals surface area contributed by atoms with Gasteiger partial charge in [-0.15, -0.1) is 0 Å². The standard InChI is InChI=1S/C16H27N3O2/c1-2-3-4-5-6-7-10-18-15(20)13-19-11-8-9-14(12-19)16(17)21/h8,11-12H,2-7,9-10,13H2,1H3,(H2,17,21)(H,18,20). The van der Waals surface area contributed by atoms with Crippen molar-refractivity contribution in [1.29, 1.82) is 0 Å². The van der Waals surface area contributed by atoms with Crippen LogP contribution in [0.25, 0.3) is 0 Å². The zero-order chi connectivity index (χ0) is 15.5. The lowest BCUT2D eigenvalue weighted by atomic mass is 10.1. The van der Waals surface area contributed by atoms with Crippen LogP contribution in [0, 0.1) is 0 Å². The van der Waals surface area contributed by atoms with Gasteiger partial charge in [0, 0.05) is 24.5 Å². The summed E-state index contributed by atoms with van der Waals surface area (Å²) in [5.74, 6) is -0.466. The Kier molecular flexibility index (Phi) is 8.24. The van der Waals surface area contributed by atoms with Crippen LogP contribution < -0.4 is 11.1 Å². The summed E-state index contributed by atoms with van der Waals surface area (Å²) in [6.07, 6.45) is 13.1. The summed E-state index contributed by atoms with van der Waals surface area (Å²) in [5.41, 5.74) is 5.77. The summed E-state index contributed by atoms with van der Waals surface area (Å²) in [4.78, 5) is 24.6. The molecular formula is C16H27N3O2. The topological polar surface area (TPSA) is 75.4 Å². The molecule has 0 spiro atoms. The fourth-order valence-electron chi connectivity index (χ4n) is 2.23. The van der Waals surface area contributed by atoms with Crippen LogP contribution in [0.2, 0.25) is 0 Å². The summed E-state index contributed by atoms with van der Waals surface area (Å²) in [6.45, 7) is 3.14. The molecule has 0 saturated carbocycles. The first-order valence-corrected chi connectivity index (χ1v) is 7.83. The van der Waals surface area contributed by atoms with Crippen molar-refractivity contribution in [2.45, 2.75) is 51.9 Å². The molecule has 118 valence electrons. The lowest BCUT2D eigenvalue weighted by Crippen LogP contribution is -2.34. The van der Waals surface area contributed by atoms with Crippen molar-refractivity contribution >= 4 is 11.8 Å². The van der Waals surface area contributed by atoms with Crippen LogP contribution in [0.4, 0.5) is 0 Å². The average Bonchev–Trinajstić information content (AvgIpc) is 2.46. The second-order valence-corrected chi connectivity index (χ2v) is 5.40. The number of allylic oxidation sites excluding steroid dienone is 1. The van der Waals surface area contributed by atoms with E-state index < -0.39 is 5.91 Å². The molecule has 0 unspecified atom stereocenters. The van der Waals surface area contributed by atoms with Crippen molar-refractivity contribution in [3.05, 3.63) is 24.0 Å². The summed E-state index contributed by atoms with van der Waals surface area (Å²) in [7, 11) is 0. The fourth-order valence-corrected chi connectivity index (χ4v) is 2.23. The lowest BCUT2D eigenvalue weighted by molar-refractivity contribution is -0.121. The van der Waals surface area contributed by atoms with Gasteiger partial charge in [0.25, 0.3) is 0 Å². The summed E-state index contributed by atoms with van der Waals surface area (Å²) in [5, 5.41) is 2.90. The second kappa shape index (κ2) is 10.0. The van der Waals surface area contributed by atoms with Gasteiger partial charge in [-0.05, 0) is 12.8 Å². The van der Waals surface area contributed by atoms with E-state index in [-0.39, 0.29) is 12.5 Å². The van der Waals surface area contributed by atoms with Crippen molar-refractivity contribution in [3.8, 4) is 0 Å². The average molecular weight is 293 g/mol. The van der Waals surface area contributed by atoms with Crippen LogP contribution in [0.1, 0.15) is 51.9 Å². The maximum atomic E-state index is 11.8. The third kappa shape index (κ3) is 7.54. The molecule has 0 saturated heterocycles. The summed E-state index contributed by atoms with van der Waals surface area (Å²) >= 11 is 0. The molecule has 0 radical (unpaired) electrons. The van der Waals surface area contributed by atoms with Crippen LogP contribution in [-0.4, -0.2) is 29.8 Å². The third-order valence-corrected chi connectivity index (χ3v) is 3.45. The van der Waals surface area contributed by atoms with Gasteiger partial charge in [0.1, 0.15) is 6.54 Å². The van der Waals surface area contributed by atoms with E-state index in [1.54, 1.807) is 17.3 Å². The van der Waals surface area contributed by atoms with Crippen LogP contribution in [-0.2, 0) is 9.59 Å². The first-order chi connectivity index (χ1) is 10.1. The molecule has 1 aliphatic rings. The van der Waals surface area contributed by atoms with Crippen molar-refractivity contribution in [1.82, 2.24) is 10.2 Å². The molecule has 1 aliphatic heterocycles. The molecule has 0 aromatic heterocycles. The van der Waals surface area contributed by atoms with Crippen molar-refractivity contribution in [2.24, 2.45) is 5.73 Å². The van der Waals surface area contributed by atoms with E-state index in [2.05, 4.69) is 12.2 Å². The van der Waals surface area contributed by atoms with E-state index in [1.807, 2.05) is 6.08 Å². The van der Waals surface area contributed by atoms with Gasteiger partial charge in [-0.25, -0.2) is 0 Å². The maximum absolute atomic E-state index is 11.8. The van der Waals surface area contributed by atoms with Gasteiger partial charge in [-0.2, -0.15) is 0 Å². The van der Waals surface area contributed by atoms with Gasteiger partial charge in [0.2, 0.25) is 11.8 Å². The summed E-state index contributed by atoms with van der Waals surface area (Å²) < 4.78 is 0. The quantitative estimate of drug-likeness (QED) is 0.605. The molecule has 0 bridgehead atoms. The van der Waals surface area contributed by atoms with Crippen molar-refractivity contribution in [3.63, 3.8) is 0 Å². The third-order valence-electron chi connectivity index (χ3n) is 3.45. The molecular weight excluding hydrogens is 266 g/mol. The highest BCUT2D eigenvalue weighted by Gasteiger charge is 2.12. The molecule has 1 rings (SSSR count). The van der Waals surface area contributed by atoms with Crippen molar-refractivity contribution < 1.29 is 9.59 Å². The number of rotatable bonds is 10. The Morgan fingerprint density at radius 2 is 1.95 bits per heavy atom. The highest BCUT2D eigenvalue weighted by molar-refractivity contribution is 5.92. The minimum Gasteiger partial charge on any atom is -0.366 e. The highest BCUT2D eigenvalue weighted by atomic mass is 16.2. The second-order valence-electron chi connectivity index (χ2n) is 5.40. The van der Waals surface area contributed by atoms with Gasteiger partial charge in [0.05, 0.1) is 0 Å². The van der Waals surface area contributed by atoms with Crippen LogP contribution in [0.15, 0.2) is 24.0 Å².